The molecule has 10 rings (SSSR count). The van der Waals surface area contributed by atoms with E-state index in [1.807, 2.05) is 24.3 Å². The molecule has 0 saturated carbocycles. The van der Waals surface area contributed by atoms with Gasteiger partial charge in [0.2, 0.25) is 0 Å². The van der Waals surface area contributed by atoms with Gasteiger partial charge in [0.25, 0.3) is 0 Å². The second-order valence-electron chi connectivity index (χ2n) is 13.2. The molecule has 0 saturated heterocycles. The number of nitrogens with zero attached hydrogens (tertiary/aromatic N) is 3. The Kier molecular flexibility index (Phi) is 7.43. The Balaban J connectivity index is 1.07. The van der Waals surface area contributed by atoms with Gasteiger partial charge < -0.3 is 9.32 Å². The summed E-state index contributed by atoms with van der Waals surface area (Å²) in [5.41, 5.74) is 14.7. The van der Waals surface area contributed by atoms with Crippen molar-refractivity contribution in [2.24, 2.45) is 0 Å². The van der Waals surface area contributed by atoms with Crippen molar-refractivity contribution in [2.45, 2.75) is 0 Å². The van der Waals surface area contributed by atoms with Crippen LogP contribution >= 0.6 is 0 Å². The number of hydrogen-bond acceptors (Lipinski definition) is 3. The maximum absolute atomic E-state index is 6.39. The summed E-state index contributed by atoms with van der Waals surface area (Å²) in [7, 11) is 0. The molecule has 0 radical (unpaired) electrons. The fraction of sp³-hybridized carbons (Fsp3) is 0. The van der Waals surface area contributed by atoms with E-state index in [1.165, 1.54) is 11.1 Å². The van der Waals surface area contributed by atoms with Gasteiger partial charge in [-0.05, 0) is 71.3 Å². The number of para-hydroxylation sites is 2. The second-order valence-corrected chi connectivity index (χ2v) is 13.2. The lowest BCUT2D eigenvalue weighted by Gasteiger charge is -2.26. The molecule has 3 heterocycles. The fourth-order valence-corrected chi connectivity index (χ4v) is 7.48. The van der Waals surface area contributed by atoms with E-state index in [2.05, 4.69) is 185 Å². The molecule has 0 aliphatic rings. The standard InChI is InChI=1S/C49H33N3O/c1-3-12-34(13-4-1)35-21-27-39(28-22-35)52(40-29-23-36(24-30-40)42-17-11-18-44-43-16-7-8-19-45(43)53-49(42)44)41-31-25-38(26-32-41)48-47(37-14-5-2-6-15-37)50-46-20-9-10-33-51(46)48/h1-33H. The van der Waals surface area contributed by atoms with Crippen molar-refractivity contribution in [3.05, 3.63) is 200 Å². The van der Waals surface area contributed by atoms with Gasteiger partial charge in [-0.15, -0.1) is 0 Å². The minimum absolute atomic E-state index is 0.903. The molecule has 7 aromatic carbocycles. The normalized spacial score (nSPS) is 11.4. The SMILES string of the molecule is c1ccc(-c2ccc(N(c3ccc(-c4cccc5c4oc4ccccc45)cc3)c3ccc(-c4c(-c5ccccc5)nc5ccccn45)cc3)cc2)cc1. The number of imidazole rings is 1. The lowest BCUT2D eigenvalue weighted by Crippen LogP contribution is -2.09. The van der Waals surface area contributed by atoms with Crippen LogP contribution in [0.2, 0.25) is 0 Å². The quantitative estimate of drug-likeness (QED) is 0.168. The Morgan fingerprint density at radius 3 is 1.66 bits per heavy atom. The zero-order chi connectivity index (χ0) is 35.1. The van der Waals surface area contributed by atoms with E-state index in [-0.39, 0.29) is 0 Å². The third-order valence-electron chi connectivity index (χ3n) is 10.0. The van der Waals surface area contributed by atoms with Crippen molar-refractivity contribution in [3.8, 4) is 44.8 Å². The fourth-order valence-electron chi connectivity index (χ4n) is 7.48. The molecule has 0 unspecified atom stereocenters. The third kappa shape index (κ3) is 5.45. The second kappa shape index (κ2) is 12.9. The van der Waals surface area contributed by atoms with Gasteiger partial charge in [-0.1, -0.05) is 140 Å². The van der Waals surface area contributed by atoms with Gasteiger partial charge in [-0.25, -0.2) is 4.98 Å². The Hall–Kier alpha value is -7.17. The largest absolute Gasteiger partial charge is 0.455 e. The van der Waals surface area contributed by atoms with Crippen LogP contribution < -0.4 is 4.90 Å². The number of furan rings is 1. The zero-order valence-corrected chi connectivity index (χ0v) is 28.8. The van der Waals surface area contributed by atoms with Crippen LogP contribution in [0.3, 0.4) is 0 Å². The molecule has 0 bridgehead atoms. The summed E-state index contributed by atoms with van der Waals surface area (Å²) in [4.78, 5) is 7.37. The summed E-state index contributed by atoms with van der Waals surface area (Å²) in [6.45, 7) is 0. The lowest BCUT2D eigenvalue weighted by atomic mass is 10.0. The predicted molar refractivity (Wildman–Crippen MR) is 219 cm³/mol. The molecule has 4 heteroatoms. The Morgan fingerprint density at radius 2 is 0.962 bits per heavy atom. The van der Waals surface area contributed by atoms with Gasteiger partial charge in [-0.2, -0.15) is 0 Å². The van der Waals surface area contributed by atoms with E-state index in [1.54, 1.807) is 0 Å². The molecule has 10 aromatic rings. The number of anilines is 3. The van der Waals surface area contributed by atoms with Gasteiger partial charge in [-0.3, -0.25) is 4.40 Å². The highest BCUT2D eigenvalue weighted by atomic mass is 16.3. The van der Waals surface area contributed by atoms with Crippen molar-refractivity contribution in [2.75, 3.05) is 4.90 Å². The highest BCUT2D eigenvalue weighted by molar-refractivity contribution is 6.09. The summed E-state index contributed by atoms with van der Waals surface area (Å²) in [5.74, 6) is 0. The smallest absolute Gasteiger partial charge is 0.143 e. The maximum atomic E-state index is 6.39. The van der Waals surface area contributed by atoms with Crippen molar-refractivity contribution >= 4 is 44.6 Å². The van der Waals surface area contributed by atoms with Gasteiger partial charge in [0, 0.05) is 50.7 Å². The molecule has 0 fully saturated rings. The van der Waals surface area contributed by atoms with Crippen LogP contribution in [0.4, 0.5) is 17.1 Å². The zero-order valence-electron chi connectivity index (χ0n) is 28.8. The van der Waals surface area contributed by atoms with E-state index in [0.29, 0.717) is 0 Å². The summed E-state index contributed by atoms with van der Waals surface area (Å²) < 4.78 is 8.57. The molecule has 3 aromatic heterocycles. The third-order valence-corrected chi connectivity index (χ3v) is 10.0. The molecular formula is C49H33N3O. The highest BCUT2D eigenvalue weighted by Crippen LogP contribution is 2.41. The van der Waals surface area contributed by atoms with Crippen LogP contribution in [-0.4, -0.2) is 9.38 Å². The number of rotatable bonds is 7. The first kappa shape index (κ1) is 30.6. The summed E-state index contributed by atoms with van der Waals surface area (Å²) in [5, 5.41) is 2.26. The minimum atomic E-state index is 0.903. The van der Waals surface area contributed by atoms with E-state index in [9.17, 15) is 0 Å². The Morgan fingerprint density at radius 1 is 0.415 bits per heavy atom. The topological polar surface area (TPSA) is 33.7 Å². The van der Waals surface area contributed by atoms with Gasteiger partial charge in [0.05, 0.1) is 11.4 Å². The van der Waals surface area contributed by atoms with Gasteiger partial charge in [0.15, 0.2) is 0 Å². The minimum Gasteiger partial charge on any atom is -0.455 e. The lowest BCUT2D eigenvalue weighted by molar-refractivity contribution is 0.670. The van der Waals surface area contributed by atoms with E-state index in [4.69, 9.17) is 9.40 Å². The van der Waals surface area contributed by atoms with Crippen molar-refractivity contribution < 1.29 is 4.42 Å². The highest BCUT2D eigenvalue weighted by Gasteiger charge is 2.19. The van der Waals surface area contributed by atoms with E-state index >= 15 is 0 Å². The van der Waals surface area contributed by atoms with Crippen LogP contribution in [0.1, 0.15) is 0 Å². The maximum Gasteiger partial charge on any atom is 0.143 e. The molecule has 250 valence electrons. The van der Waals surface area contributed by atoms with Gasteiger partial charge >= 0.3 is 0 Å². The van der Waals surface area contributed by atoms with Crippen LogP contribution in [0.5, 0.6) is 0 Å². The van der Waals surface area contributed by atoms with Crippen molar-refractivity contribution in [1.29, 1.82) is 0 Å². The Bertz CT molecular complexity index is 2850. The molecule has 0 amide bonds. The molecule has 0 aliphatic carbocycles. The van der Waals surface area contributed by atoms with Crippen LogP contribution in [0, 0.1) is 0 Å². The first-order valence-electron chi connectivity index (χ1n) is 17.9. The number of benzene rings is 7. The monoisotopic (exact) mass is 679 g/mol. The average molecular weight is 680 g/mol. The average Bonchev–Trinajstić information content (AvgIpc) is 3.82. The first-order chi connectivity index (χ1) is 26.3. The molecule has 0 N–H and O–H groups in total. The number of hydrogen-bond donors (Lipinski definition) is 0. The molecule has 0 atom stereocenters. The summed E-state index contributed by atoms with van der Waals surface area (Å²) >= 11 is 0. The number of aromatic nitrogens is 2. The summed E-state index contributed by atoms with van der Waals surface area (Å²) in [6.07, 6.45) is 2.09. The van der Waals surface area contributed by atoms with E-state index < -0.39 is 0 Å². The molecule has 4 nitrogen and oxygen atoms in total. The molecule has 53 heavy (non-hydrogen) atoms. The van der Waals surface area contributed by atoms with Crippen LogP contribution in [0.25, 0.3) is 72.4 Å². The predicted octanol–water partition coefficient (Wildman–Crippen LogP) is 13.4. The van der Waals surface area contributed by atoms with Crippen molar-refractivity contribution in [3.63, 3.8) is 0 Å². The summed E-state index contributed by atoms with van der Waals surface area (Å²) in [6, 6.07) is 68.2. The number of fused-ring (bicyclic) bond motifs is 4. The first-order valence-corrected chi connectivity index (χ1v) is 17.9. The van der Waals surface area contributed by atoms with Crippen LogP contribution in [0.15, 0.2) is 205 Å². The van der Waals surface area contributed by atoms with Gasteiger partial charge in [0.1, 0.15) is 16.8 Å². The van der Waals surface area contributed by atoms with Crippen molar-refractivity contribution in [1.82, 2.24) is 9.38 Å². The molecular weight excluding hydrogens is 647 g/mol. The molecule has 0 spiro atoms. The Labute approximate surface area is 307 Å². The van der Waals surface area contributed by atoms with E-state index in [0.717, 1.165) is 78.3 Å². The van der Waals surface area contributed by atoms with Crippen LogP contribution in [-0.2, 0) is 0 Å². The molecule has 0 aliphatic heterocycles. The number of pyridine rings is 1.